The molecule has 0 saturated heterocycles. The molecule has 20 heavy (non-hydrogen) atoms. The van der Waals surface area contributed by atoms with Crippen molar-refractivity contribution >= 4 is 10.9 Å². The van der Waals surface area contributed by atoms with E-state index in [0.29, 0.717) is 6.61 Å². The lowest BCUT2D eigenvalue weighted by atomic mass is 10.2. The zero-order chi connectivity index (χ0) is 14.1. The van der Waals surface area contributed by atoms with Gasteiger partial charge in [0.2, 0.25) is 0 Å². The highest BCUT2D eigenvalue weighted by Crippen LogP contribution is 2.23. The molecule has 0 aliphatic heterocycles. The van der Waals surface area contributed by atoms with Crippen LogP contribution in [-0.4, -0.2) is 4.57 Å². The summed E-state index contributed by atoms with van der Waals surface area (Å²) in [5.41, 5.74) is 5.02. The summed E-state index contributed by atoms with van der Waals surface area (Å²) < 4.78 is 8.10. The molecule has 1 aromatic heterocycles. The fourth-order valence-corrected chi connectivity index (χ4v) is 2.61. The smallest absolute Gasteiger partial charge is 0.128 e. The lowest BCUT2D eigenvalue weighted by molar-refractivity contribution is 0.297. The minimum atomic E-state index is 0.591. The lowest BCUT2D eigenvalue weighted by Gasteiger charge is -2.08. The van der Waals surface area contributed by atoms with E-state index in [1.807, 2.05) is 12.1 Å². The van der Waals surface area contributed by atoms with Crippen LogP contribution >= 0.6 is 0 Å². The van der Waals surface area contributed by atoms with E-state index in [2.05, 4.69) is 61.9 Å². The minimum absolute atomic E-state index is 0.591. The number of aromatic nitrogens is 1. The van der Waals surface area contributed by atoms with E-state index in [1.54, 1.807) is 0 Å². The zero-order valence-corrected chi connectivity index (χ0v) is 12.2. The van der Waals surface area contributed by atoms with Gasteiger partial charge in [-0.05, 0) is 37.6 Å². The number of hydrogen-bond acceptors (Lipinski definition) is 1. The van der Waals surface area contributed by atoms with E-state index in [4.69, 9.17) is 4.74 Å². The van der Waals surface area contributed by atoms with Crippen LogP contribution in [0.5, 0.6) is 5.75 Å². The fraction of sp³-hybridized carbons (Fsp3) is 0.222. The Balaban J connectivity index is 1.86. The predicted octanol–water partition coefficient (Wildman–Crippen LogP) is 4.37. The molecule has 3 rings (SSSR count). The normalized spacial score (nSPS) is 10.9. The van der Waals surface area contributed by atoms with E-state index in [1.165, 1.54) is 27.7 Å². The first-order valence-electron chi connectivity index (χ1n) is 6.88. The Kier molecular flexibility index (Phi) is 3.23. The number of ether oxygens (including phenoxy) is 1. The Morgan fingerprint density at radius 3 is 2.45 bits per heavy atom. The summed E-state index contributed by atoms with van der Waals surface area (Å²) in [6, 6.07) is 16.8. The van der Waals surface area contributed by atoms with Crippen molar-refractivity contribution in [3.63, 3.8) is 0 Å². The Morgan fingerprint density at radius 1 is 1.00 bits per heavy atom. The van der Waals surface area contributed by atoms with Gasteiger partial charge >= 0.3 is 0 Å². The quantitative estimate of drug-likeness (QED) is 0.685. The standard InChI is InChI=1S/C18H19NO/c1-13-7-9-17(10-8-13)20-12-16-11-15-6-4-5-14(2)18(15)19(16)3/h4-11H,12H2,1-3H3. The number of para-hydroxylation sites is 1. The van der Waals surface area contributed by atoms with Gasteiger partial charge in [0.15, 0.2) is 0 Å². The van der Waals surface area contributed by atoms with Crippen LogP contribution in [-0.2, 0) is 13.7 Å². The topological polar surface area (TPSA) is 14.2 Å². The molecular weight excluding hydrogens is 246 g/mol. The van der Waals surface area contributed by atoms with Crippen molar-refractivity contribution in [3.05, 3.63) is 65.4 Å². The maximum absolute atomic E-state index is 5.88. The molecule has 1 heterocycles. The van der Waals surface area contributed by atoms with Gasteiger partial charge in [-0.2, -0.15) is 0 Å². The molecule has 0 amide bonds. The Bertz CT molecular complexity index is 738. The summed E-state index contributed by atoms with van der Waals surface area (Å²) in [6.45, 7) is 4.82. The van der Waals surface area contributed by atoms with Gasteiger partial charge in [-0.25, -0.2) is 0 Å². The van der Waals surface area contributed by atoms with E-state index in [-0.39, 0.29) is 0 Å². The van der Waals surface area contributed by atoms with Crippen LogP contribution in [0.3, 0.4) is 0 Å². The molecule has 0 saturated carbocycles. The summed E-state index contributed by atoms with van der Waals surface area (Å²) in [6.07, 6.45) is 0. The molecule has 0 unspecified atom stereocenters. The molecule has 3 aromatic rings. The lowest BCUT2D eigenvalue weighted by Crippen LogP contribution is -2.02. The molecule has 2 aromatic carbocycles. The largest absolute Gasteiger partial charge is 0.487 e. The number of hydrogen-bond donors (Lipinski definition) is 0. The predicted molar refractivity (Wildman–Crippen MR) is 83.2 cm³/mol. The van der Waals surface area contributed by atoms with Crippen LogP contribution in [0.1, 0.15) is 16.8 Å². The van der Waals surface area contributed by atoms with Gasteiger partial charge < -0.3 is 9.30 Å². The number of nitrogens with zero attached hydrogens (tertiary/aromatic N) is 1. The van der Waals surface area contributed by atoms with Gasteiger partial charge in [-0.15, -0.1) is 0 Å². The van der Waals surface area contributed by atoms with Crippen LogP contribution < -0.4 is 4.74 Å². The molecule has 2 nitrogen and oxygen atoms in total. The zero-order valence-electron chi connectivity index (χ0n) is 12.2. The number of fused-ring (bicyclic) bond motifs is 1. The molecule has 2 heteroatoms. The van der Waals surface area contributed by atoms with E-state index < -0.39 is 0 Å². The van der Waals surface area contributed by atoms with Crippen LogP contribution in [0, 0.1) is 13.8 Å². The molecular formula is C18H19NO. The molecule has 0 spiro atoms. The highest BCUT2D eigenvalue weighted by atomic mass is 16.5. The monoisotopic (exact) mass is 265 g/mol. The average Bonchev–Trinajstić information content (AvgIpc) is 2.76. The van der Waals surface area contributed by atoms with Crippen molar-refractivity contribution in [1.29, 1.82) is 0 Å². The van der Waals surface area contributed by atoms with Crippen molar-refractivity contribution in [2.45, 2.75) is 20.5 Å². The SMILES string of the molecule is Cc1ccc(OCc2cc3cccc(C)c3n2C)cc1. The van der Waals surface area contributed by atoms with Crippen LogP contribution in [0.15, 0.2) is 48.5 Å². The van der Waals surface area contributed by atoms with Gasteiger partial charge in [0.1, 0.15) is 12.4 Å². The third kappa shape index (κ3) is 2.29. The van der Waals surface area contributed by atoms with Crippen molar-refractivity contribution < 1.29 is 4.74 Å². The second kappa shape index (κ2) is 5.04. The highest BCUT2D eigenvalue weighted by molar-refractivity contribution is 5.84. The first-order chi connectivity index (χ1) is 9.65. The maximum Gasteiger partial charge on any atom is 0.128 e. The number of rotatable bonds is 3. The summed E-state index contributed by atoms with van der Waals surface area (Å²) in [4.78, 5) is 0. The Labute approximate surface area is 119 Å². The van der Waals surface area contributed by atoms with Gasteiger partial charge in [0.05, 0.1) is 11.2 Å². The minimum Gasteiger partial charge on any atom is -0.487 e. The number of benzene rings is 2. The Morgan fingerprint density at radius 2 is 1.75 bits per heavy atom. The molecule has 102 valence electrons. The molecule has 0 N–H and O–H groups in total. The van der Waals surface area contributed by atoms with Crippen molar-refractivity contribution in [1.82, 2.24) is 4.57 Å². The molecule has 0 fully saturated rings. The summed E-state index contributed by atoms with van der Waals surface area (Å²) in [5, 5.41) is 1.27. The molecule has 0 radical (unpaired) electrons. The van der Waals surface area contributed by atoms with Gasteiger partial charge in [0, 0.05) is 12.4 Å². The molecule has 0 atom stereocenters. The molecule has 0 bridgehead atoms. The highest BCUT2D eigenvalue weighted by Gasteiger charge is 2.08. The summed E-state index contributed by atoms with van der Waals surface area (Å²) in [7, 11) is 2.10. The molecule has 0 aliphatic rings. The van der Waals surface area contributed by atoms with Gasteiger partial charge in [-0.1, -0.05) is 35.9 Å². The van der Waals surface area contributed by atoms with Gasteiger partial charge in [-0.3, -0.25) is 0 Å². The average molecular weight is 265 g/mol. The second-order valence-electron chi connectivity index (χ2n) is 5.31. The van der Waals surface area contributed by atoms with Crippen LogP contribution in [0.25, 0.3) is 10.9 Å². The van der Waals surface area contributed by atoms with E-state index >= 15 is 0 Å². The fourth-order valence-electron chi connectivity index (χ4n) is 2.61. The second-order valence-corrected chi connectivity index (χ2v) is 5.31. The first-order valence-corrected chi connectivity index (χ1v) is 6.88. The first kappa shape index (κ1) is 12.8. The van der Waals surface area contributed by atoms with Crippen LogP contribution in [0.4, 0.5) is 0 Å². The van der Waals surface area contributed by atoms with Crippen LogP contribution in [0.2, 0.25) is 0 Å². The molecule has 0 aliphatic carbocycles. The van der Waals surface area contributed by atoms with E-state index in [0.717, 1.165) is 5.75 Å². The van der Waals surface area contributed by atoms with E-state index in [9.17, 15) is 0 Å². The summed E-state index contributed by atoms with van der Waals surface area (Å²) in [5.74, 6) is 0.914. The van der Waals surface area contributed by atoms with Crippen molar-refractivity contribution in [3.8, 4) is 5.75 Å². The third-order valence-electron chi connectivity index (χ3n) is 3.77. The van der Waals surface area contributed by atoms with Gasteiger partial charge in [0.25, 0.3) is 0 Å². The van der Waals surface area contributed by atoms with Crippen molar-refractivity contribution in [2.24, 2.45) is 7.05 Å². The Hall–Kier alpha value is -2.22. The maximum atomic E-state index is 5.88. The number of aryl methyl sites for hydroxylation is 3. The third-order valence-corrected chi connectivity index (χ3v) is 3.77. The summed E-state index contributed by atoms with van der Waals surface area (Å²) >= 11 is 0. The van der Waals surface area contributed by atoms with Crippen molar-refractivity contribution in [2.75, 3.05) is 0 Å².